The molecule has 1 amide bonds. The van der Waals surface area contributed by atoms with Crippen LogP contribution in [0.1, 0.15) is 5.76 Å². The fourth-order valence-corrected chi connectivity index (χ4v) is 3.67. The van der Waals surface area contributed by atoms with Crippen molar-refractivity contribution >= 4 is 50.5 Å². The zero-order valence-corrected chi connectivity index (χ0v) is 17.2. The molecule has 0 spiro atoms. The summed E-state index contributed by atoms with van der Waals surface area (Å²) >= 11 is 4.70. The van der Waals surface area contributed by atoms with Gasteiger partial charge in [-0.15, -0.1) is 0 Å². The number of aliphatic imine (C=N–C) groups is 1. The van der Waals surface area contributed by atoms with Crippen molar-refractivity contribution in [3.05, 3.63) is 75.8 Å². The number of hydrogen-bond acceptors (Lipinski definition) is 5. The van der Waals surface area contributed by atoms with E-state index >= 15 is 0 Å². The average Bonchev–Trinajstić information content (AvgIpc) is 3.30. The van der Waals surface area contributed by atoms with Crippen LogP contribution in [0.25, 0.3) is 17.4 Å². The summed E-state index contributed by atoms with van der Waals surface area (Å²) in [6, 6.07) is 18.9. The highest BCUT2D eigenvalue weighted by Crippen LogP contribution is 2.30. The van der Waals surface area contributed by atoms with E-state index in [9.17, 15) is 4.79 Å². The lowest BCUT2D eigenvalue weighted by molar-refractivity contribution is -0.115. The highest BCUT2D eigenvalue weighted by Gasteiger charge is 2.24. The van der Waals surface area contributed by atoms with Crippen LogP contribution >= 0.6 is 27.7 Å². The molecule has 0 bridgehead atoms. The summed E-state index contributed by atoms with van der Waals surface area (Å²) in [7, 11) is 1.61. The topological polar surface area (TPSA) is 63.8 Å². The van der Waals surface area contributed by atoms with Crippen LogP contribution in [0.3, 0.4) is 0 Å². The summed E-state index contributed by atoms with van der Waals surface area (Å²) in [5.41, 5.74) is 1.71. The Morgan fingerprint density at radius 3 is 2.54 bits per heavy atom. The summed E-state index contributed by atoms with van der Waals surface area (Å²) in [5.74, 6) is 1.92. The molecule has 0 saturated carbocycles. The van der Waals surface area contributed by atoms with Crippen molar-refractivity contribution in [2.75, 3.05) is 7.11 Å². The van der Waals surface area contributed by atoms with Crippen LogP contribution in [-0.4, -0.2) is 18.2 Å². The second-order valence-electron chi connectivity index (χ2n) is 5.89. The number of rotatable bonds is 4. The van der Waals surface area contributed by atoms with Crippen LogP contribution in [0.5, 0.6) is 5.75 Å². The lowest BCUT2D eigenvalue weighted by atomic mass is 10.2. The molecule has 1 fully saturated rings. The van der Waals surface area contributed by atoms with Gasteiger partial charge in [-0.25, -0.2) is 4.99 Å². The maximum Gasteiger partial charge on any atom is 0.264 e. The molecule has 1 aromatic heterocycles. The number of hydrogen-bond donors (Lipinski definition) is 1. The molecule has 4 rings (SSSR count). The Morgan fingerprint density at radius 1 is 1.07 bits per heavy atom. The number of amides is 1. The number of amidine groups is 1. The maximum absolute atomic E-state index is 12.2. The molecule has 0 unspecified atom stereocenters. The Kier molecular flexibility index (Phi) is 5.36. The van der Waals surface area contributed by atoms with E-state index in [-0.39, 0.29) is 5.91 Å². The first kappa shape index (κ1) is 18.6. The molecule has 1 aliphatic heterocycles. The predicted octanol–water partition coefficient (Wildman–Crippen LogP) is 5.61. The van der Waals surface area contributed by atoms with Crippen molar-refractivity contribution in [2.24, 2.45) is 4.99 Å². The van der Waals surface area contributed by atoms with Crippen LogP contribution in [0.2, 0.25) is 0 Å². The molecular formula is C21H15BrN2O3S. The van der Waals surface area contributed by atoms with E-state index in [1.165, 1.54) is 11.8 Å². The van der Waals surface area contributed by atoms with Crippen LogP contribution < -0.4 is 10.1 Å². The van der Waals surface area contributed by atoms with Gasteiger partial charge in [0.1, 0.15) is 17.3 Å². The summed E-state index contributed by atoms with van der Waals surface area (Å²) in [5, 5.41) is 3.30. The number of carbonyl (C=O) groups is 1. The Hall–Kier alpha value is -2.77. The molecule has 2 aromatic carbocycles. The number of thioether (sulfide) groups is 1. The van der Waals surface area contributed by atoms with Gasteiger partial charge in [-0.05, 0) is 60.3 Å². The smallest absolute Gasteiger partial charge is 0.264 e. The van der Waals surface area contributed by atoms with Gasteiger partial charge in [-0.1, -0.05) is 28.1 Å². The van der Waals surface area contributed by atoms with Crippen molar-refractivity contribution in [2.45, 2.75) is 0 Å². The zero-order chi connectivity index (χ0) is 19.5. The average molecular weight is 455 g/mol. The summed E-state index contributed by atoms with van der Waals surface area (Å²) in [6.07, 6.45) is 1.72. The molecule has 5 nitrogen and oxygen atoms in total. The first-order valence-corrected chi connectivity index (χ1v) is 10.0. The Morgan fingerprint density at radius 2 is 1.82 bits per heavy atom. The van der Waals surface area contributed by atoms with Crippen LogP contribution in [0.15, 0.2) is 79.5 Å². The molecule has 0 aliphatic carbocycles. The largest absolute Gasteiger partial charge is 0.497 e. The van der Waals surface area contributed by atoms with Gasteiger partial charge in [0.25, 0.3) is 5.91 Å². The molecule has 140 valence electrons. The molecule has 7 heteroatoms. The monoisotopic (exact) mass is 454 g/mol. The summed E-state index contributed by atoms with van der Waals surface area (Å²) < 4.78 is 12.0. The highest BCUT2D eigenvalue weighted by atomic mass is 79.9. The van der Waals surface area contributed by atoms with E-state index in [0.717, 1.165) is 27.2 Å². The third-order valence-electron chi connectivity index (χ3n) is 3.98. The minimum Gasteiger partial charge on any atom is -0.497 e. The molecule has 2 heterocycles. The molecule has 0 radical (unpaired) electrons. The maximum atomic E-state index is 12.2. The highest BCUT2D eigenvalue weighted by molar-refractivity contribution is 9.10. The normalized spacial score (nSPS) is 16.6. The standard InChI is InChI=1S/C21H15BrN2O3S/c1-26-16-8-6-15(7-9-16)23-21-24-20(25)19(28-21)12-17-10-11-18(27-17)13-2-4-14(22)5-3-13/h2-12H,1H3,(H,23,24,25). The lowest BCUT2D eigenvalue weighted by Gasteiger charge is -1.99. The molecule has 1 aliphatic rings. The minimum atomic E-state index is -0.196. The van der Waals surface area contributed by atoms with Gasteiger partial charge in [0.2, 0.25) is 0 Å². The number of benzene rings is 2. The fourth-order valence-electron chi connectivity index (χ4n) is 2.58. The number of furan rings is 1. The fraction of sp³-hybridized carbons (Fsp3) is 0.0476. The van der Waals surface area contributed by atoms with Crippen molar-refractivity contribution in [1.29, 1.82) is 0 Å². The Bertz CT molecular complexity index is 1070. The molecule has 1 N–H and O–H groups in total. The lowest BCUT2D eigenvalue weighted by Crippen LogP contribution is -2.19. The van der Waals surface area contributed by atoms with E-state index in [1.54, 1.807) is 13.2 Å². The first-order valence-electron chi connectivity index (χ1n) is 8.40. The van der Waals surface area contributed by atoms with Gasteiger partial charge in [0.15, 0.2) is 5.17 Å². The molecule has 0 atom stereocenters. The van der Waals surface area contributed by atoms with E-state index in [2.05, 4.69) is 26.2 Å². The molecular weight excluding hydrogens is 440 g/mol. The number of nitrogens with one attached hydrogen (secondary N) is 1. The van der Waals surface area contributed by atoms with Gasteiger partial charge in [0.05, 0.1) is 17.7 Å². The first-order chi connectivity index (χ1) is 13.6. The number of nitrogens with zero attached hydrogens (tertiary/aromatic N) is 1. The van der Waals surface area contributed by atoms with Crippen molar-refractivity contribution in [3.8, 4) is 17.1 Å². The predicted molar refractivity (Wildman–Crippen MR) is 116 cm³/mol. The third kappa shape index (κ3) is 4.21. The third-order valence-corrected chi connectivity index (χ3v) is 5.42. The van der Waals surface area contributed by atoms with Crippen molar-refractivity contribution < 1.29 is 13.9 Å². The van der Waals surface area contributed by atoms with Crippen molar-refractivity contribution in [3.63, 3.8) is 0 Å². The molecule has 28 heavy (non-hydrogen) atoms. The molecule has 1 saturated heterocycles. The van der Waals surface area contributed by atoms with E-state index in [1.807, 2.05) is 60.7 Å². The van der Waals surface area contributed by atoms with Crippen LogP contribution in [0.4, 0.5) is 5.69 Å². The number of carbonyl (C=O) groups excluding carboxylic acids is 1. The SMILES string of the molecule is COc1ccc(N=C2NC(=O)C(=Cc3ccc(-c4ccc(Br)cc4)o3)S2)cc1. The quantitative estimate of drug-likeness (QED) is 0.520. The number of halogens is 1. The number of ether oxygens (including phenoxy) is 1. The van der Waals surface area contributed by atoms with Crippen molar-refractivity contribution in [1.82, 2.24) is 5.32 Å². The summed E-state index contributed by atoms with van der Waals surface area (Å²) in [6.45, 7) is 0. The Balaban J connectivity index is 1.51. The second-order valence-corrected chi connectivity index (χ2v) is 7.83. The second kappa shape index (κ2) is 8.08. The van der Waals surface area contributed by atoms with Gasteiger partial charge in [-0.2, -0.15) is 0 Å². The Labute approximate surface area is 174 Å². The van der Waals surface area contributed by atoms with E-state index in [4.69, 9.17) is 9.15 Å². The van der Waals surface area contributed by atoms with Gasteiger partial charge in [-0.3, -0.25) is 4.79 Å². The zero-order valence-electron chi connectivity index (χ0n) is 14.8. The van der Waals surface area contributed by atoms with Gasteiger partial charge >= 0.3 is 0 Å². The molecule has 3 aromatic rings. The van der Waals surface area contributed by atoms with Crippen LogP contribution in [-0.2, 0) is 4.79 Å². The summed E-state index contributed by atoms with van der Waals surface area (Å²) in [4.78, 5) is 17.2. The van der Waals surface area contributed by atoms with Gasteiger partial charge < -0.3 is 14.5 Å². The van der Waals surface area contributed by atoms with Crippen LogP contribution in [0, 0.1) is 0 Å². The van der Waals surface area contributed by atoms with E-state index < -0.39 is 0 Å². The van der Waals surface area contributed by atoms with Gasteiger partial charge in [0, 0.05) is 16.1 Å². The van der Waals surface area contributed by atoms with E-state index in [0.29, 0.717) is 15.8 Å². The number of methoxy groups -OCH3 is 1. The minimum absolute atomic E-state index is 0.196.